The summed E-state index contributed by atoms with van der Waals surface area (Å²) in [5, 5.41) is 7.02. The molecule has 6 heteroatoms. The molecular formula is C23H21N3O3. The molecule has 2 aromatic carbocycles. The van der Waals surface area contributed by atoms with Crippen LogP contribution in [0.3, 0.4) is 0 Å². The van der Waals surface area contributed by atoms with Gasteiger partial charge in [-0.2, -0.15) is 4.98 Å². The van der Waals surface area contributed by atoms with Gasteiger partial charge in [0.2, 0.25) is 17.6 Å². The van der Waals surface area contributed by atoms with Gasteiger partial charge in [-0.25, -0.2) is 0 Å². The quantitative estimate of drug-likeness (QED) is 0.506. The van der Waals surface area contributed by atoms with Crippen LogP contribution in [0.5, 0.6) is 0 Å². The van der Waals surface area contributed by atoms with Crippen LogP contribution in [0.1, 0.15) is 35.0 Å². The van der Waals surface area contributed by atoms with Crippen LogP contribution >= 0.6 is 0 Å². The van der Waals surface area contributed by atoms with Crippen molar-refractivity contribution in [2.45, 2.75) is 25.8 Å². The molecule has 2 aromatic heterocycles. The molecule has 4 rings (SSSR count). The number of furan rings is 1. The zero-order valence-corrected chi connectivity index (χ0v) is 16.0. The van der Waals surface area contributed by atoms with Crippen LogP contribution < -0.4 is 5.32 Å². The monoisotopic (exact) mass is 387 g/mol. The first-order valence-corrected chi connectivity index (χ1v) is 9.46. The number of amides is 1. The Morgan fingerprint density at radius 3 is 2.48 bits per heavy atom. The lowest BCUT2D eigenvalue weighted by atomic mass is 9.97. The topological polar surface area (TPSA) is 81.2 Å². The second-order valence-electron chi connectivity index (χ2n) is 6.81. The Labute approximate surface area is 168 Å². The van der Waals surface area contributed by atoms with Gasteiger partial charge in [-0.3, -0.25) is 4.79 Å². The summed E-state index contributed by atoms with van der Waals surface area (Å²) in [4.78, 5) is 16.9. The van der Waals surface area contributed by atoms with E-state index in [9.17, 15) is 4.79 Å². The van der Waals surface area contributed by atoms with Crippen LogP contribution in [-0.2, 0) is 11.2 Å². The zero-order valence-electron chi connectivity index (χ0n) is 16.0. The molecule has 146 valence electrons. The summed E-state index contributed by atoms with van der Waals surface area (Å²) in [6, 6.07) is 21.4. The van der Waals surface area contributed by atoms with Gasteiger partial charge < -0.3 is 14.3 Å². The predicted octanol–water partition coefficient (Wildman–Crippen LogP) is 4.48. The molecule has 1 amide bonds. The predicted molar refractivity (Wildman–Crippen MR) is 108 cm³/mol. The molecule has 0 spiro atoms. The van der Waals surface area contributed by atoms with E-state index in [1.54, 1.807) is 18.4 Å². The van der Waals surface area contributed by atoms with Crippen molar-refractivity contribution in [3.8, 4) is 11.6 Å². The van der Waals surface area contributed by atoms with Gasteiger partial charge in [-0.1, -0.05) is 65.3 Å². The highest BCUT2D eigenvalue weighted by Gasteiger charge is 2.18. The first kappa shape index (κ1) is 18.7. The summed E-state index contributed by atoms with van der Waals surface area (Å²) in [5.41, 5.74) is 3.24. The third-order valence-electron chi connectivity index (χ3n) is 4.62. The van der Waals surface area contributed by atoms with Gasteiger partial charge >= 0.3 is 0 Å². The molecule has 0 saturated heterocycles. The summed E-state index contributed by atoms with van der Waals surface area (Å²) in [6.45, 7) is 2.04. The average Bonchev–Trinajstić information content (AvgIpc) is 3.44. The molecule has 0 fully saturated rings. The van der Waals surface area contributed by atoms with Gasteiger partial charge in [-0.15, -0.1) is 0 Å². The molecular weight excluding hydrogens is 366 g/mol. The smallest absolute Gasteiger partial charge is 0.238 e. The van der Waals surface area contributed by atoms with E-state index in [-0.39, 0.29) is 18.4 Å². The Bertz CT molecular complexity index is 1050. The first-order valence-electron chi connectivity index (χ1n) is 9.46. The minimum Gasteiger partial charge on any atom is -0.461 e. The second kappa shape index (κ2) is 8.56. The molecule has 0 aliphatic heterocycles. The third-order valence-corrected chi connectivity index (χ3v) is 4.62. The number of benzene rings is 2. The molecule has 2 heterocycles. The lowest BCUT2D eigenvalue weighted by molar-refractivity contribution is -0.121. The number of carbonyl (C=O) groups is 1. The Morgan fingerprint density at radius 2 is 1.76 bits per heavy atom. The van der Waals surface area contributed by atoms with E-state index in [4.69, 9.17) is 8.94 Å². The summed E-state index contributed by atoms with van der Waals surface area (Å²) in [6.07, 6.45) is 2.15. The minimum atomic E-state index is -0.217. The van der Waals surface area contributed by atoms with Crippen LogP contribution in [-0.4, -0.2) is 16.0 Å². The van der Waals surface area contributed by atoms with Gasteiger partial charge in [0, 0.05) is 12.8 Å². The third kappa shape index (κ3) is 4.60. The number of aryl methyl sites for hydroxylation is 2. The fourth-order valence-corrected chi connectivity index (χ4v) is 3.08. The van der Waals surface area contributed by atoms with E-state index in [0.717, 1.165) is 11.1 Å². The number of nitrogens with one attached hydrogen (secondary N) is 1. The maximum Gasteiger partial charge on any atom is 0.238 e. The molecule has 6 nitrogen and oxygen atoms in total. The zero-order chi connectivity index (χ0) is 20.1. The normalized spacial score (nSPS) is 11.9. The fraction of sp³-hybridized carbons (Fsp3) is 0.174. The van der Waals surface area contributed by atoms with Crippen LogP contribution in [0.2, 0.25) is 0 Å². The highest BCUT2D eigenvalue weighted by molar-refractivity contribution is 5.77. The fourth-order valence-electron chi connectivity index (χ4n) is 3.08. The van der Waals surface area contributed by atoms with E-state index < -0.39 is 0 Å². The highest BCUT2D eigenvalue weighted by Crippen LogP contribution is 2.23. The van der Waals surface area contributed by atoms with E-state index in [1.165, 1.54) is 5.56 Å². The van der Waals surface area contributed by atoms with Crippen LogP contribution in [0.25, 0.3) is 11.6 Å². The van der Waals surface area contributed by atoms with Gasteiger partial charge in [0.15, 0.2) is 5.76 Å². The van der Waals surface area contributed by atoms with Crippen molar-refractivity contribution in [1.82, 2.24) is 15.5 Å². The lowest BCUT2D eigenvalue weighted by Crippen LogP contribution is -2.29. The van der Waals surface area contributed by atoms with E-state index >= 15 is 0 Å². The average molecular weight is 387 g/mol. The molecule has 4 aromatic rings. The van der Waals surface area contributed by atoms with Crippen LogP contribution in [0, 0.1) is 6.92 Å². The Morgan fingerprint density at radius 1 is 1.00 bits per heavy atom. The lowest BCUT2D eigenvalue weighted by Gasteiger charge is -2.20. The van der Waals surface area contributed by atoms with Crippen LogP contribution in [0.4, 0.5) is 0 Å². The molecule has 29 heavy (non-hydrogen) atoms. The van der Waals surface area contributed by atoms with Gasteiger partial charge in [-0.05, 0) is 30.2 Å². The molecule has 0 radical (unpaired) electrons. The van der Waals surface area contributed by atoms with Crippen molar-refractivity contribution in [2.24, 2.45) is 0 Å². The molecule has 1 N–H and O–H groups in total. The van der Waals surface area contributed by atoms with Crippen molar-refractivity contribution in [3.05, 3.63) is 95.6 Å². The van der Waals surface area contributed by atoms with Crippen molar-refractivity contribution >= 4 is 5.91 Å². The van der Waals surface area contributed by atoms with Crippen molar-refractivity contribution in [2.75, 3.05) is 0 Å². The number of carbonyl (C=O) groups excluding carboxylic acids is 1. The molecule has 0 aliphatic carbocycles. The minimum absolute atomic E-state index is 0.0859. The van der Waals surface area contributed by atoms with Gasteiger partial charge in [0.25, 0.3) is 0 Å². The van der Waals surface area contributed by atoms with Gasteiger partial charge in [0.05, 0.1) is 12.3 Å². The first-order chi connectivity index (χ1) is 14.2. The summed E-state index contributed by atoms with van der Waals surface area (Å²) >= 11 is 0. The van der Waals surface area contributed by atoms with Gasteiger partial charge in [0.1, 0.15) is 0 Å². The molecule has 1 unspecified atom stereocenters. The largest absolute Gasteiger partial charge is 0.461 e. The second-order valence-corrected chi connectivity index (χ2v) is 6.81. The Hall–Kier alpha value is -3.67. The summed E-state index contributed by atoms with van der Waals surface area (Å²) in [7, 11) is 0. The Balaban J connectivity index is 1.43. The van der Waals surface area contributed by atoms with E-state index in [0.29, 0.717) is 23.9 Å². The van der Waals surface area contributed by atoms with Crippen molar-refractivity contribution in [1.29, 1.82) is 0 Å². The Kier molecular flexibility index (Phi) is 5.52. The molecule has 0 bridgehead atoms. The summed E-state index contributed by atoms with van der Waals surface area (Å²) in [5.74, 6) is 1.23. The number of nitrogens with zero attached hydrogens (tertiary/aromatic N) is 2. The van der Waals surface area contributed by atoms with Crippen LogP contribution in [0.15, 0.2) is 81.9 Å². The highest BCUT2D eigenvalue weighted by atomic mass is 16.5. The molecule has 1 atom stereocenters. The van der Waals surface area contributed by atoms with Crippen molar-refractivity contribution < 1.29 is 13.7 Å². The number of hydrogen-bond donors (Lipinski definition) is 1. The van der Waals surface area contributed by atoms with Crippen molar-refractivity contribution in [3.63, 3.8) is 0 Å². The maximum absolute atomic E-state index is 12.7. The number of hydrogen-bond acceptors (Lipinski definition) is 5. The maximum atomic E-state index is 12.7. The standard InChI is InChI=1S/C23H21N3O3/c1-16-9-11-18(12-10-16)22(17-6-3-2-4-7-17)24-20(27)13-14-21-25-23(26-29-21)19-8-5-15-28-19/h2-12,15,22H,13-14H2,1H3,(H,24,27). The number of aromatic nitrogens is 2. The van der Waals surface area contributed by atoms with E-state index in [1.807, 2.05) is 61.5 Å². The molecule has 0 aliphatic rings. The number of rotatable bonds is 7. The SMILES string of the molecule is Cc1ccc(C(NC(=O)CCc2nc(-c3ccco3)no2)c2ccccc2)cc1. The van der Waals surface area contributed by atoms with E-state index in [2.05, 4.69) is 15.5 Å². The summed E-state index contributed by atoms with van der Waals surface area (Å²) < 4.78 is 10.5. The molecule has 0 saturated carbocycles.